The summed E-state index contributed by atoms with van der Waals surface area (Å²) in [5.74, 6) is 5.29. The maximum atomic E-state index is 14.6. The Morgan fingerprint density at radius 3 is 2.10 bits per heavy atom. The maximum absolute atomic E-state index is 14.6. The van der Waals surface area contributed by atoms with Crippen molar-refractivity contribution in [3.05, 3.63) is 89.0 Å². The van der Waals surface area contributed by atoms with Crippen molar-refractivity contribution in [1.82, 2.24) is 4.90 Å². The molecule has 1 N–H and O–H groups in total. The molecule has 3 aromatic carbocycles. The summed E-state index contributed by atoms with van der Waals surface area (Å²) in [7, 11) is 1.42. The van der Waals surface area contributed by atoms with Gasteiger partial charge in [0.15, 0.2) is 0 Å². The van der Waals surface area contributed by atoms with Gasteiger partial charge in [-0.3, -0.25) is 9.11 Å². The van der Waals surface area contributed by atoms with Crippen molar-refractivity contribution >= 4 is 21.1 Å². The van der Waals surface area contributed by atoms with Gasteiger partial charge in [-0.25, -0.2) is 0 Å². The first-order valence-electron chi connectivity index (χ1n) is 18.3. The molecule has 0 radical (unpaired) electrons. The van der Waals surface area contributed by atoms with Crippen LogP contribution < -0.4 is 9.64 Å². The molecule has 0 saturated carbocycles. The molecular weight excluding hydrogens is 615 g/mol. The molecule has 7 rings (SSSR count). The second kappa shape index (κ2) is 14.6. The fourth-order valence-corrected chi connectivity index (χ4v) is 11.0. The minimum atomic E-state index is -2.63. The lowest BCUT2D eigenvalue weighted by Crippen LogP contribution is -2.66. The number of benzene rings is 3. The Bertz CT molecular complexity index is 1600. The van der Waals surface area contributed by atoms with Gasteiger partial charge in [-0.2, -0.15) is 0 Å². The fraction of sp³-hybridized carbons (Fsp3) is 0.537. The molecule has 3 fully saturated rings. The molecule has 48 heavy (non-hydrogen) atoms. The molecule has 0 aliphatic carbocycles. The highest BCUT2D eigenvalue weighted by Crippen LogP contribution is 2.50. The Balaban J connectivity index is 1.24. The number of hydrogen-bond donors (Lipinski definition) is 1. The van der Waals surface area contributed by atoms with Crippen molar-refractivity contribution < 1.29 is 18.5 Å². The summed E-state index contributed by atoms with van der Waals surface area (Å²) < 4.78 is 22.1. The second-order valence-corrected chi connectivity index (χ2v) is 17.6. The van der Waals surface area contributed by atoms with E-state index in [1.54, 1.807) is 0 Å². The zero-order chi connectivity index (χ0) is 33.9. The van der Waals surface area contributed by atoms with E-state index in [-0.39, 0.29) is 5.92 Å². The zero-order valence-electron chi connectivity index (χ0n) is 29.8. The van der Waals surface area contributed by atoms with Crippen molar-refractivity contribution in [2.24, 2.45) is 5.41 Å². The number of unbranched alkanes of at least 4 members (excludes halogenated alkanes) is 2. The summed E-state index contributed by atoms with van der Waals surface area (Å²) in [5, 5.41) is 12.6. The molecule has 1 unspecified atom stereocenters. The summed E-state index contributed by atoms with van der Waals surface area (Å²) in [6.45, 7) is 13.6. The molecule has 0 amide bonds. The molecule has 6 nitrogen and oxygen atoms in total. The quantitative estimate of drug-likeness (QED) is 0.158. The molecule has 260 valence electrons. The largest absolute Gasteiger partial charge is 0.489 e. The standard InChI is InChI=1S/C41H58N3O3S/c1-6-8-20-41(21-9-7-2)31-48(5,46)38-19-16-35(42(3)4)28-37(38)39(40(41)45)34-14-17-36(18-15-34)47-30-33-12-10-32(11-13-33)29-44-25-22-43(23-26-44)24-27-44/h10-19,28,39-40,45H,5-9,20-27,29-31H2,1-4H3/q+1/t39-,40-,48?/m1/s1. The van der Waals surface area contributed by atoms with Gasteiger partial charge in [0.25, 0.3) is 0 Å². The highest BCUT2D eigenvalue weighted by molar-refractivity contribution is 8.00. The predicted octanol–water partition coefficient (Wildman–Crippen LogP) is 6.93. The first kappa shape index (κ1) is 35.0. The Labute approximate surface area is 290 Å². The Morgan fingerprint density at radius 1 is 0.917 bits per heavy atom. The summed E-state index contributed by atoms with van der Waals surface area (Å²) >= 11 is 0. The lowest BCUT2D eigenvalue weighted by atomic mass is 9.68. The molecule has 4 aliphatic rings. The van der Waals surface area contributed by atoms with Crippen molar-refractivity contribution in [1.29, 1.82) is 0 Å². The number of anilines is 1. The van der Waals surface area contributed by atoms with E-state index in [0.29, 0.717) is 12.4 Å². The number of fused-ring (bicyclic) bond motifs is 4. The smallest absolute Gasteiger partial charge is 0.119 e. The SMILES string of the molecule is C=S1(=O)CC(CCCC)(CCCC)[C@H](O)[C@H](c2ccc(OCc3ccc(C[N+]45CCN(CC4)CC5)cc3)cc2)c2cc(N(C)C)ccc21. The van der Waals surface area contributed by atoms with Crippen LogP contribution in [0.1, 0.15) is 80.5 Å². The number of ether oxygens (including phenoxy) is 1. The molecule has 3 aromatic rings. The van der Waals surface area contributed by atoms with Gasteiger partial charge in [-0.15, -0.1) is 0 Å². The van der Waals surface area contributed by atoms with Crippen LogP contribution in [0, 0.1) is 5.41 Å². The van der Waals surface area contributed by atoms with Gasteiger partial charge in [0.2, 0.25) is 0 Å². The van der Waals surface area contributed by atoms with Crippen LogP contribution in [0.25, 0.3) is 0 Å². The third-order valence-electron chi connectivity index (χ3n) is 11.6. The number of quaternary nitrogens is 1. The van der Waals surface area contributed by atoms with Crippen LogP contribution in [0.4, 0.5) is 5.69 Å². The van der Waals surface area contributed by atoms with E-state index < -0.39 is 21.0 Å². The predicted molar refractivity (Wildman–Crippen MR) is 201 cm³/mol. The van der Waals surface area contributed by atoms with Gasteiger partial charge < -0.3 is 19.2 Å². The van der Waals surface area contributed by atoms with Gasteiger partial charge in [-0.1, -0.05) is 75.9 Å². The molecule has 0 spiro atoms. The average molecular weight is 673 g/mol. The van der Waals surface area contributed by atoms with Gasteiger partial charge in [0.1, 0.15) is 18.9 Å². The van der Waals surface area contributed by atoms with E-state index in [0.717, 1.165) is 78.1 Å². The summed E-state index contributed by atoms with van der Waals surface area (Å²) in [6, 6.07) is 23.4. The van der Waals surface area contributed by atoms with E-state index in [2.05, 4.69) is 72.0 Å². The highest BCUT2D eigenvalue weighted by Gasteiger charge is 2.48. The van der Waals surface area contributed by atoms with Gasteiger partial charge >= 0.3 is 0 Å². The molecule has 3 saturated heterocycles. The van der Waals surface area contributed by atoms with E-state index in [1.165, 1.54) is 49.3 Å². The Kier molecular flexibility index (Phi) is 10.6. The first-order valence-corrected chi connectivity index (χ1v) is 20.2. The van der Waals surface area contributed by atoms with Crippen LogP contribution in [0.2, 0.25) is 0 Å². The molecular formula is C41H58N3O3S+. The summed E-state index contributed by atoms with van der Waals surface area (Å²) in [5.41, 5.74) is 5.10. The monoisotopic (exact) mass is 672 g/mol. The van der Waals surface area contributed by atoms with Gasteiger partial charge in [-0.05, 0) is 75.3 Å². The molecule has 2 bridgehead atoms. The minimum Gasteiger partial charge on any atom is -0.489 e. The Hall–Kier alpha value is -2.84. The molecule has 0 aromatic heterocycles. The first-order chi connectivity index (χ1) is 23.1. The van der Waals surface area contributed by atoms with E-state index in [9.17, 15) is 9.32 Å². The fourth-order valence-electron chi connectivity index (χ4n) is 8.57. The zero-order valence-corrected chi connectivity index (χ0v) is 30.6. The van der Waals surface area contributed by atoms with Crippen molar-refractivity contribution in [2.45, 2.75) is 82.4 Å². The third kappa shape index (κ3) is 7.35. The second-order valence-electron chi connectivity index (χ2n) is 15.3. The van der Waals surface area contributed by atoms with Crippen LogP contribution >= 0.6 is 0 Å². The number of nitrogens with zero attached hydrogens (tertiary/aromatic N) is 3. The third-order valence-corrected chi connectivity index (χ3v) is 13.8. The number of hydrogen-bond acceptors (Lipinski definition) is 5. The normalized spacial score (nSPS) is 27.6. The number of aliphatic hydroxyl groups excluding tert-OH is 1. The molecule has 4 aliphatic heterocycles. The van der Waals surface area contributed by atoms with E-state index in [1.807, 2.05) is 38.4 Å². The van der Waals surface area contributed by atoms with Crippen LogP contribution in [0.3, 0.4) is 0 Å². The lowest BCUT2D eigenvalue weighted by molar-refractivity contribution is -0.953. The number of aliphatic hydroxyl groups is 1. The van der Waals surface area contributed by atoms with Crippen molar-refractivity contribution in [2.75, 3.05) is 64.0 Å². The minimum absolute atomic E-state index is 0.311. The number of piperazine rings is 3. The van der Waals surface area contributed by atoms with Gasteiger partial charge in [0.05, 0.1) is 25.7 Å². The van der Waals surface area contributed by atoms with E-state index >= 15 is 0 Å². The van der Waals surface area contributed by atoms with Gasteiger partial charge in [0, 0.05) is 67.0 Å². The molecule has 7 heteroatoms. The van der Waals surface area contributed by atoms with Crippen molar-refractivity contribution in [3.8, 4) is 5.75 Å². The number of rotatable bonds is 13. The summed E-state index contributed by atoms with van der Waals surface area (Å²) in [6.07, 6.45) is 5.08. The van der Waals surface area contributed by atoms with E-state index in [4.69, 9.17) is 4.74 Å². The summed E-state index contributed by atoms with van der Waals surface area (Å²) in [4.78, 5) is 5.46. The highest BCUT2D eigenvalue weighted by atomic mass is 32.2. The van der Waals surface area contributed by atoms with Crippen molar-refractivity contribution in [3.63, 3.8) is 0 Å². The van der Waals surface area contributed by atoms with Crippen LogP contribution in [0.5, 0.6) is 5.75 Å². The van der Waals surface area contributed by atoms with Crippen LogP contribution in [-0.2, 0) is 22.7 Å². The van der Waals surface area contributed by atoms with Crippen LogP contribution in [-0.4, -0.2) is 89.8 Å². The average Bonchev–Trinajstić information content (AvgIpc) is 3.17. The molecule has 3 atom stereocenters. The Morgan fingerprint density at radius 2 is 1.52 bits per heavy atom. The molecule has 4 heterocycles. The van der Waals surface area contributed by atoms with Crippen LogP contribution in [0.15, 0.2) is 71.6 Å². The maximum Gasteiger partial charge on any atom is 0.119 e. The lowest BCUT2D eigenvalue weighted by Gasteiger charge is -2.50. The topological polar surface area (TPSA) is 53.0 Å².